The number of rotatable bonds is 7. The lowest BCUT2D eigenvalue weighted by Crippen LogP contribution is -2.40. The number of carbonyl (C=O) groups excluding carboxylic acids is 1. The number of amides is 1. The van der Waals surface area contributed by atoms with Crippen LogP contribution < -0.4 is 0 Å². The molecule has 110 valence electrons. The van der Waals surface area contributed by atoms with E-state index >= 15 is 0 Å². The Morgan fingerprint density at radius 2 is 2.00 bits per heavy atom. The van der Waals surface area contributed by atoms with Gasteiger partial charge in [-0.05, 0) is 20.0 Å². The van der Waals surface area contributed by atoms with Crippen LogP contribution in [0.25, 0.3) is 0 Å². The maximum absolute atomic E-state index is 11.9. The van der Waals surface area contributed by atoms with E-state index in [-0.39, 0.29) is 11.8 Å². The predicted octanol–water partition coefficient (Wildman–Crippen LogP) is 0.278. The van der Waals surface area contributed by atoms with Crippen LogP contribution >= 0.6 is 0 Å². The Kier molecular flexibility index (Phi) is 6.80. The van der Waals surface area contributed by atoms with Crippen molar-refractivity contribution >= 4 is 11.9 Å². The van der Waals surface area contributed by atoms with Gasteiger partial charge in [-0.1, -0.05) is 6.92 Å². The first-order valence-corrected chi connectivity index (χ1v) is 6.77. The van der Waals surface area contributed by atoms with Crippen molar-refractivity contribution in [3.8, 4) is 0 Å². The third-order valence-corrected chi connectivity index (χ3v) is 3.30. The molecule has 6 heteroatoms. The van der Waals surface area contributed by atoms with E-state index in [9.17, 15) is 9.59 Å². The summed E-state index contributed by atoms with van der Waals surface area (Å²) in [5.74, 6) is -0.987. The lowest BCUT2D eigenvalue weighted by Gasteiger charge is -2.27. The van der Waals surface area contributed by atoms with E-state index in [0.29, 0.717) is 39.3 Å². The molecule has 0 spiro atoms. The van der Waals surface area contributed by atoms with Crippen molar-refractivity contribution in [2.75, 3.05) is 46.4 Å². The summed E-state index contributed by atoms with van der Waals surface area (Å²) in [6, 6.07) is 0. The minimum absolute atomic E-state index is 0.169. The molecule has 0 aromatic rings. The summed E-state index contributed by atoms with van der Waals surface area (Å²) in [6.07, 6.45) is 1.28. The molecule has 1 heterocycles. The van der Waals surface area contributed by atoms with Gasteiger partial charge in [0.25, 0.3) is 0 Å². The number of carboxylic acid groups (broad SMARTS) is 1. The molecule has 1 atom stereocenters. The van der Waals surface area contributed by atoms with E-state index in [1.165, 1.54) is 0 Å². The maximum Gasteiger partial charge on any atom is 0.307 e. The SMILES string of the molecule is CC(CN(C)CCCC(=O)N1CCOCC1)C(=O)O. The Balaban J connectivity index is 2.15. The summed E-state index contributed by atoms with van der Waals surface area (Å²) >= 11 is 0. The van der Waals surface area contributed by atoms with E-state index in [2.05, 4.69) is 0 Å². The first-order chi connectivity index (χ1) is 9.00. The predicted molar refractivity (Wildman–Crippen MR) is 70.9 cm³/mol. The Hall–Kier alpha value is -1.14. The van der Waals surface area contributed by atoms with Crippen molar-refractivity contribution in [2.24, 2.45) is 5.92 Å². The third-order valence-electron chi connectivity index (χ3n) is 3.30. The lowest BCUT2D eigenvalue weighted by molar-refractivity contribution is -0.141. The summed E-state index contributed by atoms with van der Waals surface area (Å²) < 4.78 is 5.20. The Labute approximate surface area is 114 Å². The van der Waals surface area contributed by atoms with Crippen LogP contribution in [0.15, 0.2) is 0 Å². The second kappa shape index (κ2) is 8.12. The molecule has 1 rings (SSSR count). The minimum Gasteiger partial charge on any atom is -0.481 e. The summed E-state index contributed by atoms with van der Waals surface area (Å²) in [5, 5.41) is 8.82. The average molecular weight is 272 g/mol. The highest BCUT2D eigenvalue weighted by molar-refractivity contribution is 5.76. The van der Waals surface area contributed by atoms with Crippen LogP contribution in [0.4, 0.5) is 0 Å². The zero-order valence-electron chi connectivity index (χ0n) is 11.8. The van der Waals surface area contributed by atoms with Crippen LogP contribution in [0, 0.1) is 5.92 Å². The first-order valence-electron chi connectivity index (χ1n) is 6.77. The fourth-order valence-corrected chi connectivity index (χ4v) is 2.11. The molecule has 0 aliphatic carbocycles. The molecule has 1 saturated heterocycles. The second-order valence-electron chi connectivity index (χ2n) is 5.10. The van der Waals surface area contributed by atoms with Crippen molar-refractivity contribution in [1.82, 2.24) is 9.80 Å². The molecule has 1 N–H and O–H groups in total. The number of morpholine rings is 1. The van der Waals surface area contributed by atoms with Crippen molar-refractivity contribution < 1.29 is 19.4 Å². The Morgan fingerprint density at radius 1 is 1.37 bits per heavy atom. The Bertz CT molecular complexity index is 303. The molecule has 1 fully saturated rings. The van der Waals surface area contributed by atoms with Crippen LogP contribution in [0.3, 0.4) is 0 Å². The van der Waals surface area contributed by atoms with Crippen LogP contribution in [0.1, 0.15) is 19.8 Å². The number of hydrogen-bond acceptors (Lipinski definition) is 4. The number of nitrogens with zero attached hydrogens (tertiary/aromatic N) is 2. The van der Waals surface area contributed by atoms with Gasteiger partial charge in [-0.3, -0.25) is 9.59 Å². The van der Waals surface area contributed by atoms with Gasteiger partial charge in [0.1, 0.15) is 0 Å². The number of hydrogen-bond donors (Lipinski definition) is 1. The average Bonchev–Trinajstić information content (AvgIpc) is 2.39. The maximum atomic E-state index is 11.9. The van der Waals surface area contributed by atoms with Gasteiger partial charge < -0.3 is 19.6 Å². The topological polar surface area (TPSA) is 70.1 Å². The van der Waals surface area contributed by atoms with Crippen molar-refractivity contribution in [1.29, 1.82) is 0 Å². The molecule has 1 aliphatic rings. The monoisotopic (exact) mass is 272 g/mol. The number of ether oxygens (including phenoxy) is 1. The van der Waals surface area contributed by atoms with Crippen LogP contribution in [-0.2, 0) is 14.3 Å². The fraction of sp³-hybridized carbons (Fsp3) is 0.846. The quantitative estimate of drug-likeness (QED) is 0.721. The molecular formula is C13H24N2O4. The summed E-state index contributed by atoms with van der Waals surface area (Å²) in [5.41, 5.74) is 0. The fourth-order valence-electron chi connectivity index (χ4n) is 2.11. The summed E-state index contributed by atoms with van der Waals surface area (Å²) in [4.78, 5) is 26.4. The molecule has 0 radical (unpaired) electrons. The van der Waals surface area contributed by atoms with Gasteiger partial charge in [0.2, 0.25) is 5.91 Å². The standard InChI is InChI=1S/C13H24N2O4/c1-11(13(17)18)10-14(2)5-3-4-12(16)15-6-8-19-9-7-15/h11H,3-10H2,1-2H3,(H,17,18). The van der Waals surface area contributed by atoms with Gasteiger partial charge in [-0.15, -0.1) is 0 Å². The largest absolute Gasteiger partial charge is 0.481 e. The van der Waals surface area contributed by atoms with Gasteiger partial charge in [0.05, 0.1) is 19.1 Å². The van der Waals surface area contributed by atoms with Gasteiger partial charge >= 0.3 is 5.97 Å². The van der Waals surface area contributed by atoms with Crippen molar-refractivity contribution in [3.05, 3.63) is 0 Å². The number of aliphatic carboxylic acids is 1. The highest BCUT2D eigenvalue weighted by atomic mass is 16.5. The van der Waals surface area contributed by atoms with E-state index in [1.54, 1.807) is 6.92 Å². The Morgan fingerprint density at radius 3 is 2.58 bits per heavy atom. The zero-order valence-corrected chi connectivity index (χ0v) is 11.8. The van der Waals surface area contributed by atoms with Crippen LogP contribution in [-0.4, -0.2) is 73.2 Å². The van der Waals surface area contributed by atoms with Crippen LogP contribution in [0.5, 0.6) is 0 Å². The molecule has 1 aliphatic heterocycles. The highest BCUT2D eigenvalue weighted by Crippen LogP contribution is 2.04. The molecule has 6 nitrogen and oxygen atoms in total. The molecule has 0 saturated carbocycles. The number of carboxylic acids is 1. The molecule has 19 heavy (non-hydrogen) atoms. The second-order valence-corrected chi connectivity index (χ2v) is 5.10. The van der Waals surface area contributed by atoms with Gasteiger partial charge in [-0.25, -0.2) is 0 Å². The van der Waals surface area contributed by atoms with Crippen molar-refractivity contribution in [2.45, 2.75) is 19.8 Å². The molecule has 1 amide bonds. The summed E-state index contributed by atoms with van der Waals surface area (Å²) in [7, 11) is 1.89. The molecular weight excluding hydrogens is 248 g/mol. The smallest absolute Gasteiger partial charge is 0.307 e. The molecule has 0 aromatic carbocycles. The summed E-state index contributed by atoms with van der Waals surface area (Å²) in [6.45, 7) is 5.57. The molecule has 0 bridgehead atoms. The third kappa shape index (κ3) is 6.02. The minimum atomic E-state index is -0.781. The first kappa shape index (κ1) is 15.9. The van der Waals surface area contributed by atoms with Crippen LogP contribution in [0.2, 0.25) is 0 Å². The highest BCUT2D eigenvalue weighted by Gasteiger charge is 2.17. The van der Waals surface area contributed by atoms with E-state index in [4.69, 9.17) is 9.84 Å². The van der Waals surface area contributed by atoms with E-state index in [1.807, 2.05) is 16.8 Å². The normalized spacial score (nSPS) is 17.5. The van der Waals surface area contributed by atoms with Gasteiger partial charge in [-0.2, -0.15) is 0 Å². The van der Waals surface area contributed by atoms with E-state index < -0.39 is 5.97 Å². The zero-order chi connectivity index (χ0) is 14.3. The van der Waals surface area contributed by atoms with E-state index in [0.717, 1.165) is 13.0 Å². The molecule has 0 aromatic heterocycles. The lowest BCUT2D eigenvalue weighted by atomic mass is 10.1. The van der Waals surface area contributed by atoms with Gasteiger partial charge in [0, 0.05) is 26.1 Å². The number of carbonyl (C=O) groups is 2. The van der Waals surface area contributed by atoms with Crippen molar-refractivity contribution in [3.63, 3.8) is 0 Å². The van der Waals surface area contributed by atoms with Gasteiger partial charge in [0.15, 0.2) is 0 Å². The molecule has 1 unspecified atom stereocenters.